The summed E-state index contributed by atoms with van der Waals surface area (Å²) >= 11 is 3.97. The van der Waals surface area contributed by atoms with E-state index in [1.165, 1.54) is 12.1 Å². The maximum atomic E-state index is 13.8. The van der Waals surface area contributed by atoms with Crippen LogP contribution >= 0.6 is 27.3 Å². The van der Waals surface area contributed by atoms with Gasteiger partial charge < -0.3 is 5.32 Å². The van der Waals surface area contributed by atoms with Crippen LogP contribution in [0.2, 0.25) is 0 Å². The first kappa shape index (κ1) is 15.4. The van der Waals surface area contributed by atoms with Crippen molar-refractivity contribution < 1.29 is 17.6 Å². The van der Waals surface area contributed by atoms with E-state index in [4.69, 9.17) is 0 Å². The molecule has 0 fully saturated rings. The molecule has 2 aromatic rings. The number of hydrogen-bond donors (Lipinski definition) is 1. The fraction of sp³-hybridized carbons (Fsp3) is 0.250. The Hall–Kier alpha value is -0.990. The first-order chi connectivity index (χ1) is 9.34. The van der Waals surface area contributed by atoms with Gasteiger partial charge in [0.2, 0.25) is 0 Å². The molecule has 1 heterocycles. The summed E-state index contributed by atoms with van der Waals surface area (Å²) in [6.07, 6.45) is -4.56. The van der Waals surface area contributed by atoms with Gasteiger partial charge in [0.25, 0.3) is 0 Å². The second-order valence-electron chi connectivity index (χ2n) is 3.92. The van der Waals surface area contributed by atoms with Crippen molar-refractivity contribution in [2.24, 2.45) is 0 Å². The van der Waals surface area contributed by atoms with Gasteiger partial charge in [-0.3, -0.25) is 0 Å². The van der Waals surface area contributed by atoms with Crippen LogP contribution in [-0.4, -0.2) is 12.0 Å². The molecule has 1 N–H and O–H groups in total. The minimum absolute atomic E-state index is 0.00699. The molecule has 0 aliphatic heterocycles. The molecular formula is C12H9BrF4N2S. The highest BCUT2D eigenvalue weighted by Crippen LogP contribution is 2.40. The van der Waals surface area contributed by atoms with Crippen LogP contribution in [0, 0.1) is 5.82 Å². The van der Waals surface area contributed by atoms with Gasteiger partial charge >= 0.3 is 6.18 Å². The molecule has 0 atom stereocenters. The van der Waals surface area contributed by atoms with Crippen LogP contribution in [0.5, 0.6) is 0 Å². The molecule has 0 spiro atoms. The molecular weight excluding hydrogens is 360 g/mol. The van der Waals surface area contributed by atoms with E-state index < -0.39 is 17.7 Å². The van der Waals surface area contributed by atoms with E-state index in [1.807, 2.05) is 0 Å². The van der Waals surface area contributed by atoms with Crippen molar-refractivity contribution >= 4 is 27.3 Å². The zero-order chi connectivity index (χ0) is 14.9. The van der Waals surface area contributed by atoms with E-state index in [1.54, 1.807) is 13.1 Å². The lowest BCUT2D eigenvalue weighted by Gasteiger charge is -2.05. The Kier molecular flexibility index (Phi) is 4.46. The topological polar surface area (TPSA) is 24.9 Å². The molecule has 0 aliphatic carbocycles. The van der Waals surface area contributed by atoms with Crippen molar-refractivity contribution in [2.45, 2.75) is 12.7 Å². The van der Waals surface area contributed by atoms with Crippen LogP contribution in [0.3, 0.4) is 0 Å². The largest absolute Gasteiger partial charge is 0.434 e. The van der Waals surface area contributed by atoms with E-state index in [2.05, 4.69) is 26.2 Å². The van der Waals surface area contributed by atoms with Gasteiger partial charge in [-0.2, -0.15) is 13.2 Å². The lowest BCUT2D eigenvalue weighted by atomic mass is 10.2. The molecule has 1 aromatic carbocycles. The van der Waals surface area contributed by atoms with Crippen LogP contribution in [0.1, 0.15) is 10.6 Å². The Morgan fingerprint density at radius 2 is 2.05 bits per heavy atom. The highest BCUT2D eigenvalue weighted by atomic mass is 79.9. The average Bonchev–Trinajstić information content (AvgIpc) is 2.73. The molecule has 0 bridgehead atoms. The fourth-order valence-electron chi connectivity index (χ4n) is 1.66. The van der Waals surface area contributed by atoms with Crippen molar-refractivity contribution in [3.05, 3.63) is 39.1 Å². The maximum absolute atomic E-state index is 13.8. The normalized spacial score (nSPS) is 11.9. The zero-order valence-electron chi connectivity index (χ0n) is 10.2. The van der Waals surface area contributed by atoms with Crippen LogP contribution in [0.15, 0.2) is 22.7 Å². The molecule has 0 amide bonds. The summed E-state index contributed by atoms with van der Waals surface area (Å²) in [6.45, 7) is 0.0264. The van der Waals surface area contributed by atoms with Crippen LogP contribution in [-0.2, 0) is 12.7 Å². The summed E-state index contributed by atoms with van der Waals surface area (Å²) < 4.78 is 52.9. The molecule has 0 radical (unpaired) electrons. The van der Waals surface area contributed by atoms with Gasteiger partial charge in [0.05, 0.1) is 10.4 Å². The standard InChI is InChI=1S/C12H9BrF4N2S/c1-18-5-8-10(12(15,16)17)19-11(20-8)9-6(13)3-2-4-7(9)14/h2-4,18H,5H2,1H3. The molecule has 20 heavy (non-hydrogen) atoms. The van der Waals surface area contributed by atoms with E-state index in [9.17, 15) is 17.6 Å². The highest BCUT2D eigenvalue weighted by molar-refractivity contribution is 9.10. The number of aromatic nitrogens is 1. The number of benzene rings is 1. The predicted molar refractivity (Wildman–Crippen MR) is 73.0 cm³/mol. The van der Waals surface area contributed by atoms with E-state index in [0.29, 0.717) is 4.47 Å². The predicted octanol–water partition coefficient (Wildman–Crippen LogP) is 4.45. The number of alkyl halides is 3. The van der Waals surface area contributed by atoms with Gasteiger partial charge in [-0.05, 0) is 35.1 Å². The second kappa shape index (κ2) is 5.79. The van der Waals surface area contributed by atoms with Crippen molar-refractivity contribution in [1.82, 2.24) is 10.3 Å². The molecule has 0 saturated heterocycles. The Morgan fingerprint density at radius 1 is 1.35 bits per heavy atom. The molecule has 8 heteroatoms. The fourth-order valence-corrected chi connectivity index (χ4v) is 3.48. The molecule has 1 aromatic heterocycles. The third-order valence-corrected chi connectivity index (χ3v) is 4.21. The van der Waals surface area contributed by atoms with Gasteiger partial charge in [0.1, 0.15) is 10.8 Å². The number of halogens is 5. The van der Waals surface area contributed by atoms with Gasteiger partial charge in [-0.15, -0.1) is 11.3 Å². The molecule has 0 saturated carbocycles. The monoisotopic (exact) mass is 368 g/mol. The number of thiazole rings is 1. The summed E-state index contributed by atoms with van der Waals surface area (Å²) in [5.41, 5.74) is -0.924. The van der Waals surface area contributed by atoms with Crippen LogP contribution < -0.4 is 5.32 Å². The van der Waals surface area contributed by atoms with Crippen molar-refractivity contribution in [2.75, 3.05) is 7.05 Å². The third-order valence-electron chi connectivity index (χ3n) is 2.48. The van der Waals surface area contributed by atoms with Crippen molar-refractivity contribution in [1.29, 1.82) is 0 Å². The summed E-state index contributed by atoms with van der Waals surface area (Å²) in [5, 5.41) is 2.66. The highest BCUT2D eigenvalue weighted by Gasteiger charge is 2.37. The van der Waals surface area contributed by atoms with Gasteiger partial charge in [0.15, 0.2) is 5.69 Å². The molecule has 0 aliphatic rings. The third kappa shape index (κ3) is 3.02. The summed E-state index contributed by atoms with van der Waals surface area (Å²) in [7, 11) is 1.54. The number of hydrogen-bond acceptors (Lipinski definition) is 3. The number of rotatable bonds is 3. The van der Waals surface area contributed by atoms with E-state index in [0.717, 1.165) is 11.3 Å². The molecule has 2 rings (SSSR count). The van der Waals surface area contributed by atoms with Crippen LogP contribution in [0.25, 0.3) is 10.6 Å². The number of nitrogens with zero attached hydrogens (tertiary/aromatic N) is 1. The SMILES string of the molecule is CNCc1sc(-c2c(F)cccc2Br)nc1C(F)(F)F. The number of nitrogens with one attached hydrogen (secondary N) is 1. The Balaban J connectivity index is 2.59. The average molecular weight is 369 g/mol. The zero-order valence-corrected chi connectivity index (χ0v) is 12.6. The van der Waals surface area contributed by atoms with Crippen molar-refractivity contribution in [3.8, 4) is 10.6 Å². The quantitative estimate of drug-likeness (QED) is 0.809. The molecule has 108 valence electrons. The van der Waals surface area contributed by atoms with E-state index >= 15 is 0 Å². The lowest BCUT2D eigenvalue weighted by Crippen LogP contribution is -2.12. The summed E-state index contributed by atoms with van der Waals surface area (Å²) in [5.74, 6) is -0.613. The van der Waals surface area contributed by atoms with Gasteiger partial charge in [0, 0.05) is 11.0 Å². The Labute approximate surface area is 125 Å². The summed E-state index contributed by atoms with van der Waals surface area (Å²) in [6, 6.07) is 4.22. The van der Waals surface area contributed by atoms with Crippen LogP contribution in [0.4, 0.5) is 17.6 Å². The maximum Gasteiger partial charge on any atom is 0.434 e. The molecule has 0 unspecified atom stereocenters. The van der Waals surface area contributed by atoms with E-state index in [-0.39, 0.29) is 22.0 Å². The smallest absolute Gasteiger partial charge is 0.315 e. The van der Waals surface area contributed by atoms with Gasteiger partial charge in [-0.1, -0.05) is 6.07 Å². The Morgan fingerprint density at radius 3 is 2.60 bits per heavy atom. The second-order valence-corrected chi connectivity index (χ2v) is 5.85. The first-order valence-corrected chi connectivity index (χ1v) is 7.11. The molecule has 2 nitrogen and oxygen atoms in total. The summed E-state index contributed by atoms with van der Waals surface area (Å²) in [4.78, 5) is 3.61. The van der Waals surface area contributed by atoms with Gasteiger partial charge in [-0.25, -0.2) is 9.37 Å². The Bertz CT molecular complexity index is 604. The minimum Gasteiger partial charge on any atom is -0.315 e. The van der Waals surface area contributed by atoms with Crippen molar-refractivity contribution in [3.63, 3.8) is 0 Å². The lowest BCUT2D eigenvalue weighted by molar-refractivity contribution is -0.141. The minimum atomic E-state index is -4.56. The first-order valence-electron chi connectivity index (χ1n) is 5.50.